The van der Waals surface area contributed by atoms with Crippen LogP contribution in [-0.4, -0.2) is 46.2 Å². The molecule has 0 saturated carbocycles. The van der Waals surface area contributed by atoms with Crippen molar-refractivity contribution in [2.24, 2.45) is 0 Å². The lowest BCUT2D eigenvalue weighted by atomic mass is 10.1. The number of nitriles is 1. The molecule has 0 radical (unpaired) electrons. The van der Waals surface area contributed by atoms with E-state index in [-0.39, 0.29) is 5.75 Å². The number of rotatable bonds is 3. The fourth-order valence-electron chi connectivity index (χ4n) is 3.40. The lowest BCUT2D eigenvalue weighted by Crippen LogP contribution is -2.46. The van der Waals surface area contributed by atoms with Crippen LogP contribution in [0, 0.1) is 11.3 Å². The average molecular weight is 380 g/mol. The molecule has 0 bridgehead atoms. The van der Waals surface area contributed by atoms with E-state index in [1.807, 2.05) is 24.3 Å². The molecule has 1 aliphatic heterocycles. The summed E-state index contributed by atoms with van der Waals surface area (Å²) in [7, 11) is 0. The van der Waals surface area contributed by atoms with Gasteiger partial charge in [-0.15, -0.1) is 0 Å². The van der Waals surface area contributed by atoms with Gasteiger partial charge in [-0.05, 0) is 30.3 Å². The van der Waals surface area contributed by atoms with Crippen molar-refractivity contribution >= 4 is 28.3 Å². The van der Waals surface area contributed by atoms with Crippen LogP contribution in [0.3, 0.4) is 0 Å². The quantitative estimate of drug-likeness (QED) is 0.753. The van der Waals surface area contributed by atoms with E-state index < -0.39 is 0 Å². The molecule has 136 valence electrons. The van der Waals surface area contributed by atoms with Gasteiger partial charge in [-0.2, -0.15) is 5.26 Å². The van der Waals surface area contributed by atoms with E-state index in [4.69, 9.17) is 16.9 Å². The lowest BCUT2D eigenvalue weighted by Gasteiger charge is -2.35. The Balaban J connectivity index is 1.47. The second-order valence-corrected chi connectivity index (χ2v) is 6.95. The molecule has 0 amide bonds. The molecule has 27 heavy (non-hydrogen) atoms. The third-order valence-electron chi connectivity index (χ3n) is 4.86. The van der Waals surface area contributed by atoms with Gasteiger partial charge in [0.2, 0.25) is 0 Å². The number of hydrogen-bond donors (Lipinski definition) is 1. The summed E-state index contributed by atoms with van der Waals surface area (Å²) >= 11 is 6.37. The summed E-state index contributed by atoms with van der Waals surface area (Å²) in [6.45, 7) is 3.88. The van der Waals surface area contributed by atoms with E-state index in [1.54, 1.807) is 18.5 Å². The topological polar surface area (TPSA) is 76.3 Å². The van der Waals surface area contributed by atoms with Crippen molar-refractivity contribution in [1.82, 2.24) is 14.9 Å². The fourth-order valence-corrected chi connectivity index (χ4v) is 3.68. The van der Waals surface area contributed by atoms with E-state index in [0.29, 0.717) is 22.6 Å². The molecule has 3 aromatic rings. The molecule has 0 unspecified atom stereocenters. The Morgan fingerprint density at radius 1 is 1.11 bits per heavy atom. The average Bonchev–Trinajstić information content (AvgIpc) is 2.72. The molecule has 0 aliphatic carbocycles. The number of nitrogens with zero attached hydrogens (tertiary/aromatic N) is 5. The van der Waals surface area contributed by atoms with Gasteiger partial charge in [0, 0.05) is 56.1 Å². The molecule has 6 nitrogen and oxygen atoms in total. The van der Waals surface area contributed by atoms with Gasteiger partial charge in [0.25, 0.3) is 0 Å². The zero-order chi connectivity index (χ0) is 18.8. The van der Waals surface area contributed by atoms with Crippen molar-refractivity contribution < 1.29 is 5.11 Å². The number of phenols is 1. The minimum atomic E-state index is 0.195. The summed E-state index contributed by atoms with van der Waals surface area (Å²) in [5.74, 6) is 1.02. The first-order chi connectivity index (χ1) is 13.2. The van der Waals surface area contributed by atoms with Crippen molar-refractivity contribution in [3.63, 3.8) is 0 Å². The molecular weight excluding hydrogens is 362 g/mol. The van der Waals surface area contributed by atoms with Crippen LogP contribution in [0.25, 0.3) is 10.9 Å². The highest BCUT2D eigenvalue weighted by Gasteiger charge is 2.20. The SMILES string of the molecule is N#Cc1ccnc(N2CCN(Cc3cc(Cl)c4cccnc4c3O)CC2)c1. The smallest absolute Gasteiger partial charge is 0.146 e. The standard InChI is InChI=1S/C20H18ClN5O/c21-17-11-15(20(27)19-16(17)2-1-4-24-19)13-25-6-8-26(9-7-25)18-10-14(12-22)3-5-23-18/h1-5,10-11,27H,6-9,13H2. The highest BCUT2D eigenvalue weighted by atomic mass is 35.5. The molecule has 1 aliphatic rings. The maximum atomic E-state index is 10.6. The number of hydrogen-bond acceptors (Lipinski definition) is 6. The van der Waals surface area contributed by atoms with E-state index in [2.05, 4.69) is 25.8 Å². The molecule has 0 atom stereocenters. The number of aromatic hydroxyl groups is 1. The van der Waals surface area contributed by atoms with Crippen LogP contribution in [0.5, 0.6) is 5.75 Å². The predicted octanol–water partition coefficient (Wildman–Crippen LogP) is 3.18. The van der Waals surface area contributed by atoms with Gasteiger partial charge in [0.15, 0.2) is 0 Å². The van der Waals surface area contributed by atoms with Crippen molar-refractivity contribution in [3.8, 4) is 11.8 Å². The number of pyridine rings is 2. The molecule has 3 heterocycles. The summed E-state index contributed by atoms with van der Waals surface area (Å²) in [6.07, 6.45) is 3.33. The zero-order valence-electron chi connectivity index (χ0n) is 14.6. The summed E-state index contributed by atoms with van der Waals surface area (Å²) < 4.78 is 0. The lowest BCUT2D eigenvalue weighted by molar-refractivity contribution is 0.246. The van der Waals surface area contributed by atoms with Crippen LogP contribution >= 0.6 is 11.6 Å². The normalized spacial score (nSPS) is 15.0. The first-order valence-corrected chi connectivity index (χ1v) is 9.12. The van der Waals surface area contributed by atoms with Gasteiger partial charge in [-0.1, -0.05) is 11.6 Å². The summed E-state index contributed by atoms with van der Waals surface area (Å²) in [5, 5.41) is 21.0. The minimum absolute atomic E-state index is 0.195. The second-order valence-electron chi connectivity index (χ2n) is 6.54. The van der Waals surface area contributed by atoms with Gasteiger partial charge < -0.3 is 10.0 Å². The summed E-state index contributed by atoms with van der Waals surface area (Å²) in [4.78, 5) is 13.1. The Bertz CT molecular complexity index is 1020. The van der Waals surface area contributed by atoms with E-state index >= 15 is 0 Å². The Morgan fingerprint density at radius 2 is 1.93 bits per heavy atom. The molecule has 1 aromatic carbocycles. The van der Waals surface area contributed by atoms with Crippen molar-refractivity contribution in [2.45, 2.75) is 6.54 Å². The molecule has 0 spiro atoms. The molecular formula is C20H18ClN5O. The minimum Gasteiger partial charge on any atom is -0.505 e. The molecule has 7 heteroatoms. The largest absolute Gasteiger partial charge is 0.505 e. The molecule has 1 N–H and O–H groups in total. The first kappa shape index (κ1) is 17.5. The Labute approximate surface area is 162 Å². The maximum Gasteiger partial charge on any atom is 0.146 e. The van der Waals surface area contributed by atoms with Crippen LogP contribution in [0.2, 0.25) is 5.02 Å². The summed E-state index contributed by atoms with van der Waals surface area (Å²) in [5.41, 5.74) is 1.94. The number of anilines is 1. The third-order valence-corrected chi connectivity index (χ3v) is 5.17. The van der Waals surface area contributed by atoms with E-state index in [1.165, 1.54) is 0 Å². The number of fused-ring (bicyclic) bond motifs is 1. The van der Waals surface area contributed by atoms with Crippen LogP contribution in [-0.2, 0) is 6.54 Å². The third kappa shape index (κ3) is 3.52. The van der Waals surface area contributed by atoms with Crippen LogP contribution < -0.4 is 4.90 Å². The Kier molecular flexibility index (Phi) is 4.80. The maximum absolute atomic E-state index is 10.6. The van der Waals surface area contributed by atoms with E-state index in [9.17, 15) is 5.11 Å². The highest BCUT2D eigenvalue weighted by molar-refractivity contribution is 6.35. The van der Waals surface area contributed by atoms with E-state index in [0.717, 1.165) is 42.9 Å². The number of aromatic nitrogens is 2. The van der Waals surface area contributed by atoms with Crippen LogP contribution in [0.15, 0.2) is 42.7 Å². The Morgan fingerprint density at radius 3 is 2.70 bits per heavy atom. The molecule has 1 saturated heterocycles. The predicted molar refractivity (Wildman–Crippen MR) is 105 cm³/mol. The van der Waals surface area contributed by atoms with Crippen molar-refractivity contribution in [3.05, 3.63) is 58.9 Å². The van der Waals surface area contributed by atoms with Gasteiger partial charge in [0.05, 0.1) is 16.7 Å². The van der Waals surface area contributed by atoms with Crippen LogP contribution in [0.1, 0.15) is 11.1 Å². The van der Waals surface area contributed by atoms with Crippen LogP contribution in [0.4, 0.5) is 5.82 Å². The number of benzene rings is 1. The van der Waals surface area contributed by atoms with Gasteiger partial charge >= 0.3 is 0 Å². The highest BCUT2D eigenvalue weighted by Crippen LogP contribution is 2.33. The van der Waals surface area contributed by atoms with Gasteiger partial charge in [-0.3, -0.25) is 9.88 Å². The van der Waals surface area contributed by atoms with Gasteiger partial charge in [-0.25, -0.2) is 4.98 Å². The number of piperazine rings is 1. The molecule has 4 rings (SSSR count). The fraction of sp³-hybridized carbons (Fsp3) is 0.250. The molecule has 2 aromatic heterocycles. The zero-order valence-corrected chi connectivity index (χ0v) is 15.4. The second kappa shape index (κ2) is 7.39. The van der Waals surface area contributed by atoms with Crippen molar-refractivity contribution in [1.29, 1.82) is 5.26 Å². The number of halogens is 1. The Hall–Kier alpha value is -2.88. The number of phenolic OH excluding ortho intramolecular Hbond substituents is 1. The monoisotopic (exact) mass is 379 g/mol. The molecule has 1 fully saturated rings. The van der Waals surface area contributed by atoms with Gasteiger partial charge in [0.1, 0.15) is 17.1 Å². The van der Waals surface area contributed by atoms with Crippen molar-refractivity contribution in [2.75, 3.05) is 31.1 Å². The first-order valence-electron chi connectivity index (χ1n) is 8.74. The summed E-state index contributed by atoms with van der Waals surface area (Å²) in [6, 6.07) is 11.2.